The lowest BCUT2D eigenvalue weighted by Gasteiger charge is -2.14. The highest BCUT2D eigenvalue weighted by atomic mass is 16.5. The van der Waals surface area contributed by atoms with E-state index in [1.807, 2.05) is 45.0 Å². The molecular formula is C13H19NO2. The molecule has 16 heavy (non-hydrogen) atoms. The largest absolute Gasteiger partial charge is 0.491 e. The van der Waals surface area contributed by atoms with Crippen LogP contribution >= 0.6 is 0 Å². The molecule has 0 fully saturated rings. The van der Waals surface area contributed by atoms with E-state index in [0.717, 1.165) is 5.75 Å². The number of carbonyl (C=O) groups is 1. The SMILES string of the molecule is CCC(=O)N[C@H](C)COc1ccc(C)cc1. The summed E-state index contributed by atoms with van der Waals surface area (Å²) in [6, 6.07) is 7.91. The van der Waals surface area contributed by atoms with Crippen LogP contribution in [0.5, 0.6) is 5.75 Å². The van der Waals surface area contributed by atoms with Crippen molar-refractivity contribution in [1.82, 2.24) is 5.32 Å². The van der Waals surface area contributed by atoms with Crippen molar-refractivity contribution in [2.45, 2.75) is 33.2 Å². The Labute approximate surface area is 96.8 Å². The number of rotatable bonds is 5. The Morgan fingerprint density at radius 2 is 2.00 bits per heavy atom. The van der Waals surface area contributed by atoms with E-state index >= 15 is 0 Å². The summed E-state index contributed by atoms with van der Waals surface area (Å²) in [6.45, 7) is 6.30. The second-order valence-corrected chi connectivity index (χ2v) is 3.95. The Hall–Kier alpha value is -1.51. The summed E-state index contributed by atoms with van der Waals surface area (Å²) in [5.74, 6) is 0.892. The van der Waals surface area contributed by atoms with Crippen molar-refractivity contribution in [3.63, 3.8) is 0 Å². The van der Waals surface area contributed by atoms with Gasteiger partial charge in [0.15, 0.2) is 0 Å². The summed E-state index contributed by atoms with van der Waals surface area (Å²) < 4.78 is 5.55. The Bertz CT molecular complexity index is 332. The highest BCUT2D eigenvalue weighted by Crippen LogP contribution is 2.11. The molecule has 1 aromatic rings. The Morgan fingerprint density at radius 3 is 2.56 bits per heavy atom. The molecule has 0 aliphatic rings. The van der Waals surface area contributed by atoms with E-state index in [2.05, 4.69) is 5.32 Å². The summed E-state index contributed by atoms with van der Waals surface area (Å²) >= 11 is 0. The first-order valence-electron chi connectivity index (χ1n) is 5.60. The molecule has 0 aromatic heterocycles. The quantitative estimate of drug-likeness (QED) is 0.828. The van der Waals surface area contributed by atoms with Crippen molar-refractivity contribution in [3.8, 4) is 5.75 Å². The Morgan fingerprint density at radius 1 is 1.38 bits per heavy atom. The second kappa shape index (κ2) is 6.16. The van der Waals surface area contributed by atoms with Gasteiger partial charge in [-0.3, -0.25) is 4.79 Å². The molecule has 0 unspecified atom stereocenters. The van der Waals surface area contributed by atoms with Gasteiger partial charge in [0.2, 0.25) is 5.91 Å². The minimum absolute atomic E-state index is 0.0359. The predicted octanol–water partition coefficient (Wildman–Crippen LogP) is 2.29. The van der Waals surface area contributed by atoms with Crippen molar-refractivity contribution < 1.29 is 9.53 Å². The van der Waals surface area contributed by atoms with Gasteiger partial charge in [0.05, 0.1) is 6.04 Å². The van der Waals surface area contributed by atoms with Crippen LogP contribution in [0.1, 0.15) is 25.8 Å². The van der Waals surface area contributed by atoms with Crippen molar-refractivity contribution in [2.24, 2.45) is 0 Å². The van der Waals surface area contributed by atoms with Crippen LogP contribution in [0.15, 0.2) is 24.3 Å². The Balaban J connectivity index is 2.34. The van der Waals surface area contributed by atoms with E-state index in [-0.39, 0.29) is 11.9 Å². The van der Waals surface area contributed by atoms with Crippen LogP contribution in [0, 0.1) is 6.92 Å². The zero-order chi connectivity index (χ0) is 12.0. The summed E-state index contributed by atoms with van der Waals surface area (Å²) in [7, 11) is 0. The van der Waals surface area contributed by atoms with Gasteiger partial charge in [-0.2, -0.15) is 0 Å². The van der Waals surface area contributed by atoms with Gasteiger partial charge in [0.1, 0.15) is 12.4 Å². The van der Waals surface area contributed by atoms with Crippen LogP contribution < -0.4 is 10.1 Å². The van der Waals surface area contributed by atoms with Crippen LogP contribution in [-0.2, 0) is 4.79 Å². The number of hydrogen-bond acceptors (Lipinski definition) is 2. The summed E-state index contributed by atoms with van der Waals surface area (Å²) in [5.41, 5.74) is 1.21. The third-order valence-corrected chi connectivity index (χ3v) is 2.25. The number of aryl methyl sites for hydroxylation is 1. The van der Waals surface area contributed by atoms with Crippen LogP contribution in [0.3, 0.4) is 0 Å². The lowest BCUT2D eigenvalue weighted by Crippen LogP contribution is -2.36. The highest BCUT2D eigenvalue weighted by molar-refractivity contribution is 5.75. The van der Waals surface area contributed by atoms with Crippen molar-refractivity contribution in [2.75, 3.05) is 6.61 Å². The van der Waals surface area contributed by atoms with E-state index < -0.39 is 0 Å². The van der Waals surface area contributed by atoms with Crippen molar-refractivity contribution in [3.05, 3.63) is 29.8 Å². The molecule has 0 bridgehead atoms. The molecule has 1 amide bonds. The summed E-state index contributed by atoms with van der Waals surface area (Å²) in [4.78, 5) is 11.1. The van der Waals surface area contributed by atoms with Crippen LogP contribution in [-0.4, -0.2) is 18.6 Å². The summed E-state index contributed by atoms with van der Waals surface area (Å²) in [6.07, 6.45) is 0.509. The molecule has 1 atom stereocenters. The van der Waals surface area contributed by atoms with E-state index in [1.165, 1.54) is 5.56 Å². The topological polar surface area (TPSA) is 38.3 Å². The smallest absolute Gasteiger partial charge is 0.220 e. The molecule has 1 rings (SSSR count). The molecule has 3 nitrogen and oxygen atoms in total. The fourth-order valence-corrected chi connectivity index (χ4v) is 1.27. The van der Waals surface area contributed by atoms with Gasteiger partial charge in [-0.05, 0) is 26.0 Å². The number of carbonyl (C=O) groups excluding carboxylic acids is 1. The van der Waals surface area contributed by atoms with Gasteiger partial charge in [0.25, 0.3) is 0 Å². The molecule has 1 N–H and O–H groups in total. The van der Waals surface area contributed by atoms with Crippen molar-refractivity contribution >= 4 is 5.91 Å². The molecular weight excluding hydrogens is 202 g/mol. The molecule has 0 radical (unpaired) electrons. The number of hydrogen-bond donors (Lipinski definition) is 1. The van der Waals surface area contributed by atoms with E-state index in [1.54, 1.807) is 0 Å². The average Bonchev–Trinajstić information content (AvgIpc) is 2.28. The maximum Gasteiger partial charge on any atom is 0.220 e. The van der Waals surface area contributed by atoms with Gasteiger partial charge in [0, 0.05) is 6.42 Å². The van der Waals surface area contributed by atoms with Crippen molar-refractivity contribution in [1.29, 1.82) is 0 Å². The first-order chi connectivity index (χ1) is 7.61. The average molecular weight is 221 g/mol. The molecule has 3 heteroatoms. The summed E-state index contributed by atoms with van der Waals surface area (Å²) in [5, 5.41) is 2.85. The van der Waals surface area contributed by atoms with E-state index in [9.17, 15) is 4.79 Å². The second-order valence-electron chi connectivity index (χ2n) is 3.95. The van der Waals surface area contributed by atoms with Crippen LogP contribution in [0.4, 0.5) is 0 Å². The molecule has 0 heterocycles. The number of benzene rings is 1. The maximum absolute atomic E-state index is 11.1. The molecule has 88 valence electrons. The maximum atomic E-state index is 11.1. The Kier molecular flexibility index (Phi) is 4.83. The molecule has 0 aliphatic heterocycles. The first kappa shape index (κ1) is 12.6. The number of ether oxygens (including phenoxy) is 1. The van der Waals surface area contributed by atoms with Gasteiger partial charge >= 0.3 is 0 Å². The van der Waals surface area contributed by atoms with Gasteiger partial charge in [-0.15, -0.1) is 0 Å². The monoisotopic (exact) mass is 221 g/mol. The van der Waals surface area contributed by atoms with E-state index in [4.69, 9.17) is 4.74 Å². The van der Waals surface area contributed by atoms with Gasteiger partial charge < -0.3 is 10.1 Å². The molecule has 0 saturated carbocycles. The number of amides is 1. The zero-order valence-corrected chi connectivity index (χ0v) is 10.1. The first-order valence-corrected chi connectivity index (χ1v) is 5.60. The molecule has 0 spiro atoms. The third kappa shape index (κ3) is 4.34. The van der Waals surface area contributed by atoms with Crippen LogP contribution in [0.2, 0.25) is 0 Å². The highest BCUT2D eigenvalue weighted by Gasteiger charge is 2.05. The molecule has 0 saturated heterocycles. The minimum Gasteiger partial charge on any atom is -0.491 e. The standard InChI is InChI=1S/C13H19NO2/c1-4-13(15)14-11(3)9-16-12-7-5-10(2)6-8-12/h5-8,11H,4,9H2,1-3H3,(H,14,15)/t11-/m1/s1. The molecule has 0 aliphatic carbocycles. The fraction of sp³-hybridized carbons (Fsp3) is 0.462. The molecule has 1 aromatic carbocycles. The zero-order valence-electron chi connectivity index (χ0n) is 10.1. The number of nitrogens with one attached hydrogen (secondary N) is 1. The van der Waals surface area contributed by atoms with Crippen LogP contribution in [0.25, 0.3) is 0 Å². The predicted molar refractivity (Wildman–Crippen MR) is 64.6 cm³/mol. The fourth-order valence-electron chi connectivity index (χ4n) is 1.27. The lowest BCUT2D eigenvalue weighted by molar-refractivity contribution is -0.121. The normalized spacial score (nSPS) is 11.9. The van der Waals surface area contributed by atoms with Gasteiger partial charge in [-0.25, -0.2) is 0 Å². The minimum atomic E-state index is 0.0359. The lowest BCUT2D eigenvalue weighted by atomic mass is 10.2. The van der Waals surface area contributed by atoms with E-state index in [0.29, 0.717) is 13.0 Å². The van der Waals surface area contributed by atoms with Gasteiger partial charge in [-0.1, -0.05) is 24.6 Å². The third-order valence-electron chi connectivity index (χ3n) is 2.25.